The van der Waals surface area contributed by atoms with Gasteiger partial charge in [-0.3, -0.25) is 4.98 Å². The number of aryl methyl sites for hydroxylation is 1. The minimum absolute atomic E-state index is 0.0419. The van der Waals surface area contributed by atoms with Crippen LogP contribution in [-0.4, -0.2) is 30.8 Å². The second-order valence-electron chi connectivity index (χ2n) is 8.61. The van der Waals surface area contributed by atoms with Gasteiger partial charge in [-0.1, -0.05) is 29.8 Å². The van der Waals surface area contributed by atoms with Crippen molar-refractivity contribution in [2.24, 2.45) is 0 Å². The van der Waals surface area contributed by atoms with Gasteiger partial charge in [-0.2, -0.15) is 0 Å². The molecule has 0 aliphatic carbocycles. The van der Waals surface area contributed by atoms with Gasteiger partial charge in [0.2, 0.25) is 0 Å². The molecule has 1 aliphatic rings. The number of phenols is 1. The molecule has 182 valence electrons. The van der Waals surface area contributed by atoms with Crippen LogP contribution in [0.4, 0.5) is 5.69 Å². The van der Waals surface area contributed by atoms with E-state index in [-0.39, 0.29) is 17.4 Å². The number of nitrogens with one attached hydrogen (secondary N) is 1. The van der Waals surface area contributed by atoms with Crippen molar-refractivity contribution in [2.45, 2.75) is 25.9 Å². The fourth-order valence-electron chi connectivity index (χ4n) is 4.93. The first-order valence-electron chi connectivity index (χ1n) is 11.3. The first kappa shape index (κ1) is 23.8. The number of thiocarbonyl (C=S) groups is 1. The zero-order valence-electron chi connectivity index (χ0n) is 19.5. The SMILES string of the molecule is Cc1cc([C@H]2[C@H](c3ccccn3)NC(=S)N2c2cc(Cl)ccc2O)c(C)n1-c1ccccc1C(=O)O. The first-order chi connectivity index (χ1) is 17.3. The Hall–Kier alpha value is -3.88. The molecule has 3 heterocycles. The topological polar surface area (TPSA) is 90.6 Å². The summed E-state index contributed by atoms with van der Waals surface area (Å²) in [5, 5.41) is 24.8. The molecule has 5 rings (SSSR count). The van der Waals surface area contributed by atoms with E-state index in [1.807, 2.05) is 53.6 Å². The molecule has 0 spiro atoms. The number of hydrogen-bond acceptors (Lipinski definition) is 4. The van der Waals surface area contributed by atoms with Gasteiger partial charge in [0.05, 0.1) is 34.7 Å². The molecule has 0 bridgehead atoms. The van der Waals surface area contributed by atoms with Crippen LogP contribution in [0.15, 0.2) is 72.9 Å². The minimum Gasteiger partial charge on any atom is -0.506 e. The molecule has 7 nitrogen and oxygen atoms in total. The van der Waals surface area contributed by atoms with Gasteiger partial charge in [0.25, 0.3) is 0 Å². The Morgan fingerprint density at radius 2 is 1.81 bits per heavy atom. The second kappa shape index (κ2) is 9.29. The number of aromatic carboxylic acids is 1. The lowest BCUT2D eigenvalue weighted by Crippen LogP contribution is -2.29. The van der Waals surface area contributed by atoms with Gasteiger partial charge in [0.1, 0.15) is 5.75 Å². The van der Waals surface area contributed by atoms with Gasteiger partial charge >= 0.3 is 5.97 Å². The Labute approximate surface area is 218 Å². The zero-order valence-corrected chi connectivity index (χ0v) is 21.1. The van der Waals surface area contributed by atoms with Crippen LogP contribution in [0.3, 0.4) is 0 Å². The maximum atomic E-state index is 12.0. The predicted molar refractivity (Wildman–Crippen MR) is 143 cm³/mol. The van der Waals surface area contributed by atoms with E-state index < -0.39 is 12.0 Å². The summed E-state index contributed by atoms with van der Waals surface area (Å²) in [6, 6.07) is 18.7. The van der Waals surface area contributed by atoms with Crippen molar-refractivity contribution >= 4 is 40.6 Å². The third-order valence-corrected chi connectivity index (χ3v) is 7.01. The van der Waals surface area contributed by atoms with Crippen molar-refractivity contribution in [1.82, 2.24) is 14.9 Å². The van der Waals surface area contributed by atoms with Crippen molar-refractivity contribution in [2.75, 3.05) is 4.90 Å². The fourth-order valence-corrected chi connectivity index (χ4v) is 5.43. The van der Waals surface area contributed by atoms with Gasteiger partial charge < -0.3 is 25.0 Å². The molecule has 0 amide bonds. The van der Waals surface area contributed by atoms with Gasteiger partial charge in [0.15, 0.2) is 5.11 Å². The van der Waals surface area contributed by atoms with Gasteiger partial charge in [-0.05, 0) is 80.2 Å². The third-order valence-electron chi connectivity index (χ3n) is 6.46. The third kappa shape index (κ3) is 3.98. The average molecular weight is 519 g/mol. The normalized spacial score (nSPS) is 17.3. The molecule has 2 aromatic carbocycles. The summed E-state index contributed by atoms with van der Waals surface area (Å²) >= 11 is 12.1. The van der Waals surface area contributed by atoms with Crippen LogP contribution in [0.1, 0.15) is 45.1 Å². The molecule has 0 unspecified atom stereocenters. The van der Waals surface area contributed by atoms with E-state index in [1.165, 1.54) is 6.07 Å². The molecule has 3 N–H and O–H groups in total. The number of carbonyl (C=O) groups is 1. The number of halogens is 1. The van der Waals surface area contributed by atoms with Crippen molar-refractivity contribution in [3.8, 4) is 11.4 Å². The molecule has 4 aromatic rings. The van der Waals surface area contributed by atoms with Crippen LogP contribution in [0.25, 0.3) is 5.69 Å². The maximum Gasteiger partial charge on any atom is 0.337 e. The largest absolute Gasteiger partial charge is 0.506 e. The van der Waals surface area contributed by atoms with E-state index in [2.05, 4.69) is 10.3 Å². The van der Waals surface area contributed by atoms with Crippen molar-refractivity contribution in [3.05, 3.63) is 106 Å². The number of carboxylic acid groups (broad SMARTS) is 1. The number of phenolic OH excluding ortho intramolecular Hbond substituents is 1. The summed E-state index contributed by atoms with van der Waals surface area (Å²) in [6.07, 6.45) is 1.73. The van der Waals surface area contributed by atoms with Crippen molar-refractivity contribution < 1.29 is 15.0 Å². The van der Waals surface area contributed by atoms with Crippen LogP contribution in [0.2, 0.25) is 5.02 Å². The highest BCUT2D eigenvalue weighted by Crippen LogP contribution is 2.46. The van der Waals surface area contributed by atoms with Crippen LogP contribution in [-0.2, 0) is 0 Å². The minimum atomic E-state index is -1.000. The standard InChI is InChI=1S/C27H23ClN4O3S/c1-15-13-19(16(2)31(15)21-9-4-3-7-18(21)26(34)35)25-24(20-8-5-6-12-29-20)30-27(36)32(25)22-14-17(28)10-11-23(22)33/h3-14,24-25,33H,1-2H3,(H,30,36)(H,34,35)/t24-,25-/m0/s1. The van der Waals surface area contributed by atoms with Crippen molar-refractivity contribution in [3.63, 3.8) is 0 Å². The Morgan fingerprint density at radius 3 is 2.53 bits per heavy atom. The maximum absolute atomic E-state index is 12.0. The molecule has 1 aliphatic heterocycles. The molecule has 2 atom stereocenters. The molecular formula is C27H23ClN4O3S. The number of benzene rings is 2. The summed E-state index contributed by atoms with van der Waals surface area (Å²) in [5.41, 5.74) is 4.66. The quantitative estimate of drug-likeness (QED) is 0.291. The van der Waals surface area contributed by atoms with E-state index in [9.17, 15) is 15.0 Å². The average Bonchev–Trinajstić information content (AvgIpc) is 3.36. The van der Waals surface area contributed by atoms with Gasteiger partial charge in [-0.15, -0.1) is 0 Å². The first-order valence-corrected chi connectivity index (χ1v) is 12.1. The summed E-state index contributed by atoms with van der Waals surface area (Å²) in [7, 11) is 0. The molecular weight excluding hydrogens is 496 g/mol. The Kier molecular flexibility index (Phi) is 6.15. The van der Waals surface area contributed by atoms with E-state index in [0.717, 1.165) is 22.6 Å². The van der Waals surface area contributed by atoms with Crippen LogP contribution in [0, 0.1) is 13.8 Å². The monoisotopic (exact) mass is 518 g/mol. The van der Waals surface area contributed by atoms with Gasteiger partial charge in [0, 0.05) is 22.6 Å². The lowest BCUT2D eigenvalue weighted by atomic mass is 9.96. The van der Waals surface area contributed by atoms with Gasteiger partial charge in [-0.25, -0.2) is 4.79 Å². The lowest BCUT2D eigenvalue weighted by Gasteiger charge is -2.29. The van der Waals surface area contributed by atoms with E-state index in [0.29, 0.717) is 21.5 Å². The summed E-state index contributed by atoms with van der Waals surface area (Å²) in [5.74, 6) is -0.958. The molecule has 1 saturated heterocycles. The Morgan fingerprint density at radius 1 is 1.06 bits per heavy atom. The summed E-state index contributed by atoms with van der Waals surface area (Å²) < 4.78 is 1.94. The smallest absolute Gasteiger partial charge is 0.337 e. The van der Waals surface area contributed by atoms with Crippen LogP contribution >= 0.6 is 23.8 Å². The predicted octanol–water partition coefficient (Wildman–Crippen LogP) is 5.72. The molecule has 2 aromatic heterocycles. The Bertz CT molecular complexity index is 1490. The number of aromatic hydroxyl groups is 1. The number of nitrogens with zero attached hydrogens (tertiary/aromatic N) is 3. The summed E-state index contributed by atoms with van der Waals surface area (Å²) in [4.78, 5) is 18.4. The number of aromatic nitrogens is 2. The van der Waals surface area contributed by atoms with Crippen LogP contribution in [0.5, 0.6) is 5.75 Å². The lowest BCUT2D eigenvalue weighted by molar-refractivity contribution is 0.0697. The Balaban J connectivity index is 1.73. The molecule has 0 saturated carbocycles. The second-order valence-corrected chi connectivity index (χ2v) is 9.44. The van der Waals surface area contributed by atoms with Crippen molar-refractivity contribution in [1.29, 1.82) is 0 Å². The highest BCUT2D eigenvalue weighted by molar-refractivity contribution is 7.80. The highest BCUT2D eigenvalue weighted by Gasteiger charge is 2.43. The highest BCUT2D eigenvalue weighted by atomic mass is 35.5. The molecule has 1 fully saturated rings. The molecule has 0 radical (unpaired) electrons. The van der Waals surface area contributed by atoms with E-state index >= 15 is 0 Å². The molecule has 36 heavy (non-hydrogen) atoms. The summed E-state index contributed by atoms with van der Waals surface area (Å²) in [6.45, 7) is 3.89. The number of anilines is 1. The number of rotatable bonds is 5. The van der Waals surface area contributed by atoms with E-state index in [1.54, 1.807) is 36.5 Å². The number of hydrogen-bond donors (Lipinski definition) is 3. The van der Waals surface area contributed by atoms with Crippen LogP contribution < -0.4 is 10.2 Å². The zero-order chi connectivity index (χ0) is 25.6. The number of para-hydroxylation sites is 1. The van der Waals surface area contributed by atoms with E-state index in [4.69, 9.17) is 23.8 Å². The fraction of sp³-hybridized carbons (Fsp3) is 0.148. The molecule has 9 heteroatoms. The number of pyridine rings is 1. The number of carboxylic acids is 1.